The van der Waals surface area contributed by atoms with Gasteiger partial charge >= 0.3 is 0 Å². The standard InChI is InChI=1S/C24H36N6O2/c1-16-12-19(14-30(17(16)2)21(31)6-5-9-29(3)4)28-24-22-20(18-7-10-32-11-8-18)13-25-23(22)26-15-27-24/h5-6,13,15-19H,7-12,14H2,1-4H3,(H2,25,26,27,28)/b6-5+/t16-,17-,19+/m1/s1. The van der Waals surface area contributed by atoms with Crippen molar-refractivity contribution in [3.63, 3.8) is 0 Å². The topological polar surface area (TPSA) is 86.4 Å². The Balaban J connectivity index is 1.53. The predicted octanol–water partition coefficient (Wildman–Crippen LogP) is 3.01. The SMILES string of the molecule is C[C@@H]1C[C@H](Nc2ncnc3[nH]cc(C4CCOCC4)c23)CN(C(=O)/C=C/CN(C)C)[C@@H]1C. The number of aromatic nitrogens is 3. The summed E-state index contributed by atoms with van der Waals surface area (Å²) < 4.78 is 5.56. The number of carbonyl (C=O) groups excluding carboxylic acids is 1. The summed E-state index contributed by atoms with van der Waals surface area (Å²) >= 11 is 0. The molecule has 2 saturated heterocycles. The zero-order valence-electron chi connectivity index (χ0n) is 19.7. The first-order valence-corrected chi connectivity index (χ1v) is 11.7. The Kier molecular flexibility index (Phi) is 7.10. The molecule has 2 aromatic rings. The Morgan fingerprint density at radius 3 is 2.84 bits per heavy atom. The molecule has 2 aromatic heterocycles. The molecule has 8 nitrogen and oxygen atoms in total. The summed E-state index contributed by atoms with van der Waals surface area (Å²) in [5, 5.41) is 4.75. The van der Waals surface area contributed by atoms with E-state index in [2.05, 4.69) is 40.3 Å². The van der Waals surface area contributed by atoms with E-state index >= 15 is 0 Å². The third-order valence-corrected chi connectivity index (χ3v) is 6.90. The number of piperidine rings is 1. The van der Waals surface area contributed by atoms with Gasteiger partial charge in [-0.05, 0) is 57.7 Å². The van der Waals surface area contributed by atoms with E-state index < -0.39 is 0 Å². The van der Waals surface area contributed by atoms with Crippen molar-refractivity contribution in [1.29, 1.82) is 0 Å². The summed E-state index contributed by atoms with van der Waals surface area (Å²) in [6.45, 7) is 7.39. The molecule has 8 heteroatoms. The van der Waals surface area contributed by atoms with Crippen molar-refractivity contribution in [2.24, 2.45) is 5.92 Å². The lowest BCUT2D eigenvalue weighted by molar-refractivity contribution is -0.130. The maximum absolute atomic E-state index is 12.9. The number of nitrogens with zero attached hydrogens (tertiary/aromatic N) is 4. The number of carbonyl (C=O) groups is 1. The number of anilines is 1. The average molecular weight is 441 g/mol. The summed E-state index contributed by atoms with van der Waals surface area (Å²) in [5.41, 5.74) is 2.13. The van der Waals surface area contributed by atoms with E-state index in [1.165, 1.54) is 5.56 Å². The van der Waals surface area contributed by atoms with Crippen molar-refractivity contribution in [3.05, 3.63) is 30.2 Å². The minimum Gasteiger partial charge on any atom is -0.381 e. The minimum atomic E-state index is 0.0788. The highest BCUT2D eigenvalue weighted by Gasteiger charge is 2.33. The van der Waals surface area contributed by atoms with Gasteiger partial charge in [-0.25, -0.2) is 9.97 Å². The van der Waals surface area contributed by atoms with Gasteiger partial charge in [0.2, 0.25) is 5.91 Å². The van der Waals surface area contributed by atoms with Crippen LogP contribution in [0, 0.1) is 5.92 Å². The average Bonchev–Trinajstić information content (AvgIpc) is 3.21. The Bertz CT molecular complexity index is 949. The molecular formula is C24H36N6O2. The van der Waals surface area contributed by atoms with Crippen LogP contribution in [0.25, 0.3) is 11.0 Å². The molecule has 0 unspecified atom stereocenters. The largest absolute Gasteiger partial charge is 0.381 e. The van der Waals surface area contributed by atoms with Gasteiger partial charge < -0.3 is 24.8 Å². The van der Waals surface area contributed by atoms with Gasteiger partial charge in [-0.1, -0.05) is 13.0 Å². The first-order chi connectivity index (χ1) is 15.4. The van der Waals surface area contributed by atoms with Crippen molar-refractivity contribution >= 4 is 22.8 Å². The highest BCUT2D eigenvalue weighted by Crippen LogP contribution is 2.35. The number of hydrogen-bond acceptors (Lipinski definition) is 6. The molecule has 32 heavy (non-hydrogen) atoms. The summed E-state index contributed by atoms with van der Waals surface area (Å²) in [7, 11) is 4.00. The fraction of sp³-hybridized carbons (Fsp3) is 0.625. The molecule has 2 aliphatic rings. The highest BCUT2D eigenvalue weighted by atomic mass is 16.5. The number of likely N-dealkylation sites (tertiary alicyclic amines) is 1. The second-order valence-corrected chi connectivity index (χ2v) is 9.53. The molecule has 2 N–H and O–H groups in total. The number of likely N-dealkylation sites (N-methyl/N-ethyl adjacent to an activating group) is 1. The summed E-state index contributed by atoms with van der Waals surface area (Å²) in [6, 6.07) is 0.350. The molecule has 0 spiro atoms. The van der Waals surface area contributed by atoms with Gasteiger partial charge in [0.05, 0.1) is 5.39 Å². The van der Waals surface area contributed by atoms with Crippen LogP contribution >= 0.6 is 0 Å². The van der Waals surface area contributed by atoms with E-state index in [4.69, 9.17) is 4.74 Å². The first-order valence-electron chi connectivity index (χ1n) is 11.7. The van der Waals surface area contributed by atoms with E-state index in [0.717, 1.165) is 55.9 Å². The number of rotatable bonds is 6. The lowest BCUT2D eigenvalue weighted by atomic mass is 9.88. The van der Waals surface area contributed by atoms with E-state index in [1.807, 2.05) is 30.0 Å². The number of ether oxygens (including phenoxy) is 1. The predicted molar refractivity (Wildman–Crippen MR) is 127 cm³/mol. The van der Waals surface area contributed by atoms with Crippen LogP contribution in [0.4, 0.5) is 5.82 Å². The van der Waals surface area contributed by atoms with Gasteiger partial charge in [0.1, 0.15) is 17.8 Å². The number of nitrogens with one attached hydrogen (secondary N) is 2. The monoisotopic (exact) mass is 440 g/mol. The molecule has 2 aliphatic heterocycles. The lowest BCUT2D eigenvalue weighted by Gasteiger charge is -2.42. The van der Waals surface area contributed by atoms with Crippen LogP contribution in [-0.2, 0) is 9.53 Å². The van der Waals surface area contributed by atoms with Crippen LogP contribution in [0.2, 0.25) is 0 Å². The fourth-order valence-corrected chi connectivity index (χ4v) is 4.91. The van der Waals surface area contributed by atoms with Crippen molar-refractivity contribution in [2.45, 2.75) is 51.1 Å². The van der Waals surface area contributed by atoms with Gasteiger partial charge in [-0.15, -0.1) is 0 Å². The summed E-state index contributed by atoms with van der Waals surface area (Å²) in [5.74, 6) is 1.79. The molecule has 2 fully saturated rings. The third-order valence-electron chi connectivity index (χ3n) is 6.90. The number of H-pyrrole nitrogens is 1. The molecule has 4 heterocycles. The zero-order valence-corrected chi connectivity index (χ0v) is 19.7. The molecule has 1 amide bonds. The second-order valence-electron chi connectivity index (χ2n) is 9.53. The molecule has 0 radical (unpaired) electrons. The quantitative estimate of drug-likeness (QED) is 0.672. The van der Waals surface area contributed by atoms with Crippen LogP contribution in [0.3, 0.4) is 0 Å². The number of aromatic amines is 1. The van der Waals surface area contributed by atoms with E-state index in [-0.39, 0.29) is 18.0 Å². The third kappa shape index (κ3) is 4.96. The van der Waals surface area contributed by atoms with Crippen molar-refractivity contribution in [3.8, 4) is 0 Å². The van der Waals surface area contributed by atoms with Crippen LogP contribution in [0.1, 0.15) is 44.6 Å². The van der Waals surface area contributed by atoms with Gasteiger partial charge in [0.15, 0.2) is 0 Å². The van der Waals surface area contributed by atoms with Gasteiger partial charge in [0.25, 0.3) is 0 Å². The molecule has 0 aliphatic carbocycles. The molecule has 0 saturated carbocycles. The highest BCUT2D eigenvalue weighted by molar-refractivity contribution is 5.91. The van der Waals surface area contributed by atoms with Crippen LogP contribution in [0.5, 0.6) is 0 Å². The molecule has 4 rings (SSSR count). The van der Waals surface area contributed by atoms with Crippen LogP contribution < -0.4 is 5.32 Å². The zero-order chi connectivity index (χ0) is 22.7. The summed E-state index contributed by atoms with van der Waals surface area (Å²) in [4.78, 5) is 29.4. The van der Waals surface area contributed by atoms with Crippen LogP contribution in [0.15, 0.2) is 24.7 Å². The molecule has 174 valence electrons. The van der Waals surface area contributed by atoms with Gasteiger partial charge in [-0.3, -0.25) is 4.79 Å². The van der Waals surface area contributed by atoms with Crippen molar-refractivity contribution in [2.75, 3.05) is 45.7 Å². The van der Waals surface area contributed by atoms with Crippen molar-refractivity contribution in [1.82, 2.24) is 24.8 Å². The Morgan fingerprint density at radius 2 is 2.09 bits per heavy atom. The van der Waals surface area contributed by atoms with E-state index in [0.29, 0.717) is 18.4 Å². The maximum atomic E-state index is 12.9. The van der Waals surface area contributed by atoms with Crippen LogP contribution in [-0.4, -0.2) is 83.1 Å². The maximum Gasteiger partial charge on any atom is 0.246 e. The normalized spacial score (nSPS) is 25.2. The Labute approximate surface area is 190 Å². The minimum absolute atomic E-state index is 0.0788. The molecule has 0 aromatic carbocycles. The molecule has 0 bridgehead atoms. The van der Waals surface area contributed by atoms with Gasteiger partial charge in [-0.2, -0.15) is 0 Å². The molecule has 3 atom stereocenters. The van der Waals surface area contributed by atoms with E-state index in [1.54, 1.807) is 12.4 Å². The van der Waals surface area contributed by atoms with Gasteiger partial charge in [0, 0.05) is 50.7 Å². The first kappa shape index (κ1) is 22.7. The summed E-state index contributed by atoms with van der Waals surface area (Å²) in [6.07, 6.45) is 10.4. The molecular weight excluding hydrogens is 404 g/mol. The fourth-order valence-electron chi connectivity index (χ4n) is 4.91. The smallest absolute Gasteiger partial charge is 0.246 e. The number of fused-ring (bicyclic) bond motifs is 1. The van der Waals surface area contributed by atoms with Crippen molar-refractivity contribution < 1.29 is 9.53 Å². The second kappa shape index (κ2) is 10.0. The Hall–Kier alpha value is -2.45. The van der Waals surface area contributed by atoms with E-state index in [9.17, 15) is 4.79 Å². The Morgan fingerprint density at radius 1 is 1.31 bits per heavy atom. The lowest BCUT2D eigenvalue weighted by Crippen LogP contribution is -2.53. The number of hydrogen-bond donors (Lipinski definition) is 2. The number of amides is 1.